The van der Waals surface area contributed by atoms with Gasteiger partial charge in [-0.15, -0.1) is 10.2 Å². The number of aryl methyl sites for hydroxylation is 1. The summed E-state index contributed by atoms with van der Waals surface area (Å²) in [6.45, 7) is 4.77. The van der Waals surface area contributed by atoms with Gasteiger partial charge in [0.25, 0.3) is 0 Å². The number of carbonyl (C=O) groups is 1. The van der Waals surface area contributed by atoms with Crippen LogP contribution in [0, 0.1) is 5.92 Å². The van der Waals surface area contributed by atoms with Gasteiger partial charge in [0.2, 0.25) is 5.91 Å². The molecule has 0 aromatic carbocycles. The molecule has 19 heavy (non-hydrogen) atoms. The van der Waals surface area contributed by atoms with Crippen molar-refractivity contribution in [2.45, 2.75) is 33.1 Å². The van der Waals surface area contributed by atoms with E-state index in [9.17, 15) is 4.79 Å². The van der Waals surface area contributed by atoms with Crippen molar-refractivity contribution in [1.29, 1.82) is 0 Å². The topological polar surface area (TPSA) is 59.3 Å². The molecule has 2 heterocycles. The van der Waals surface area contributed by atoms with Crippen molar-refractivity contribution in [2.24, 2.45) is 5.92 Å². The first kappa shape index (κ1) is 13.5. The summed E-state index contributed by atoms with van der Waals surface area (Å²) in [4.78, 5) is 11.5. The lowest BCUT2D eigenvalue weighted by atomic mass is 10.1. The van der Waals surface area contributed by atoms with E-state index in [1.165, 1.54) is 0 Å². The first-order valence-corrected chi connectivity index (χ1v) is 6.72. The van der Waals surface area contributed by atoms with Gasteiger partial charge < -0.3 is 5.32 Å². The zero-order valence-electron chi connectivity index (χ0n) is 11.5. The van der Waals surface area contributed by atoms with Gasteiger partial charge in [-0.3, -0.25) is 9.20 Å². The van der Waals surface area contributed by atoms with Crippen molar-refractivity contribution in [3.05, 3.63) is 30.2 Å². The summed E-state index contributed by atoms with van der Waals surface area (Å²) < 4.78 is 1.98. The SMILES string of the molecule is CC(C)CC(=O)NCCCc1nnc2ccccn12. The second kappa shape index (κ2) is 6.31. The van der Waals surface area contributed by atoms with E-state index < -0.39 is 0 Å². The molecule has 2 rings (SSSR count). The number of hydrogen-bond acceptors (Lipinski definition) is 3. The number of nitrogens with one attached hydrogen (secondary N) is 1. The second-order valence-electron chi connectivity index (χ2n) is 5.10. The zero-order valence-corrected chi connectivity index (χ0v) is 11.5. The smallest absolute Gasteiger partial charge is 0.220 e. The van der Waals surface area contributed by atoms with Crippen LogP contribution in [0.2, 0.25) is 0 Å². The molecular weight excluding hydrogens is 240 g/mol. The van der Waals surface area contributed by atoms with Crippen LogP contribution < -0.4 is 5.32 Å². The predicted molar refractivity (Wildman–Crippen MR) is 73.8 cm³/mol. The fourth-order valence-electron chi connectivity index (χ4n) is 1.98. The Morgan fingerprint density at radius 1 is 1.37 bits per heavy atom. The van der Waals surface area contributed by atoms with Gasteiger partial charge in [-0.05, 0) is 24.5 Å². The Morgan fingerprint density at radius 3 is 3.00 bits per heavy atom. The summed E-state index contributed by atoms with van der Waals surface area (Å²) in [7, 11) is 0. The summed E-state index contributed by atoms with van der Waals surface area (Å²) in [5.74, 6) is 1.47. The van der Waals surface area contributed by atoms with Gasteiger partial charge in [0.15, 0.2) is 5.65 Å². The molecule has 2 aromatic heterocycles. The van der Waals surface area contributed by atoms with Crippen LogP contribution in [0.3, 0.4) is 0 Å². The normalized spacial score (nSPS) is 11.1. The average Bonchev–Trinajstić information content (AvgIpc) is 2.77. The van der Waals surface area contributed by atoms with Crippen molar-refractivity contribution in [1.82, 2.24) is 19.9 Å². The highest BCUT2D eigenvalue weighted by Gasteiger charge is 2.06. The summed E-state index contributed by atoms with van der Waals surface area (Å²) in [6.07, 6.45) is 4.24. The van der Waals surface area contributed by atoms with Crippen LogP contribution in [0.5, 0.6) is 0 Å². The molecule has 0 aliphatic carbocycles. The highest BCUT2D eigenvalue weighted by atomic mass is 16.1. The highest BCUT2D eigenvalue weighted by molar-refractivity contribution is 5.75. The minimum absolute atomic E-state index is 0.126. The molecule has 0 spiro atoms. The standard InChI is InChI=1S/C14H20N4O/c1-11(2)10-14(19)15-8-5-7-13-17-16-12-6-3-4-9-18(12)13/h3-4,6,9,11H,5,7-8,10H2,1-2H3,(H,15,19). The third kappa shape index (κ3) is 3.77. The second-order valence-corrected chi connectivity index (χ2v) is 5.10. The Morgan fingerprint density at radius 2 is 2.21 bits per heavy atom. The van der Waals surface area contributed by atoms with Gasteiger partial charge in [-0.1, -0.05) is 19.9 Å². The van der Waals surface area contributed by atoms with Crippen LogP contribution in [0.1, 0.15) is 32.5 Å². The fourth-order valence-corrected chi connectivity index (χ4v) is 1.98. The van der Waals surface area contributed by atoms with E-state index in [-0.39, 0.29) is 5.91 Å². The molecule has 1 N–H and O–H groups in total. The molecule has 0 unspecified atom stereocenters. The number of hydrogen-bond donors (Lipinski definition) is 1. The number of aromatic nitrogens is 3. The number of pyridine rings is 1. The van der Waals surface area contributed by atoms with E-state index >= 15 is 0 Å². The van der Waals surface area contributed by atoms with Crippen molar-refractivity contribution in [2.75, 3.05) is 6.54 Å². The molecule has 0 saturated heterocycles. The van der Waals surface area contributed by atoms with E-state index in [1.807, 2.05) is 42.6 Å². The third-order valence-corrected chi connectivity index (χ3v) is 2.88. The van der Waals surface area contributed by atoms with Gasteiger partial charge in [0.05, 0.1) is 0 Å². The Labute approximate surface area is 113 Å². The van der Waals surface area contributed by atoms with Gasteiger partial charge in [-0.25, -0.2) is 0 Å². The Bertz CT molecular complexity index is 547. The summed E-state index contributed by atoms with van der Waals surface area (Å²) in [5.41, 5.74) is 0.862. The number of rotatable bonds is 6. The lowest BCUT2D eigenvalue weighted by molar-refractivity contribution is -0.121. The monoisotopic (exact) mass is 260 g/mol. The maximum Gasteiger partial charge on any atom is 0.220 e. The maximum absolute atomic E-state index is 11.5. The van der Waals surface area contributed by atoms with Crippen molar-refractivity contribution in [3.63, 3.8) is 0 Å². The molecular formula is C14H20N4O. The van der Waals surface area contributed by atoms with Crippen LogP contribution in [0.15, 0.2) is 24.4 Å². The molecule has 5 heteroatoms. The van der Waals surface area contributed by atoms with Crippen molar-refractivity contribution < 1.29 is 4.79 Å². The number of carbonyl (C=O) groups excluding carboxylic acids is 1. The summed E-state index contributed by atoms with van der Waals surface area (Å²) in [6, 6.07) is 5.84. The number of amides is 1. The average molecular weight is 260 g/mol. The first-order chi connectivity index (χ1) is 9.16. The van der Waals surface area contributed by atoms with Crippen LogP contribution in [0.4, 0.5) is 0 Å². The van der Waals surface area contributed by atoms with E-state index in [0.717, 1.165) is 24.3 Å². The molecule has 0 saturated carbocycles. The summed E-state index contributed by atoms with van der Waals surface area (Å²) in [5, 5.41) is 11.2. The summed E-state index contributed by atoms with van der Waals surface area (Å²) >= 11 is 0. The van der Waals surface area contributed by atoms with E-state index in [0.29, 0.717) is 18.9 Å². The van der Waals surface area contributed by atoms with Gasteiger partial charge in [0.1, 0.15) is 5.82 Å². The van der Waals surface area contributed by atoms with Crippen molar-refractivity contribution >= 4 is 11.6 Å². The molecule has 0 atom stereocenters. The first-order valence-electron chi connectivity index (χ1n) is 6.72. The van der Waals surface area contributed by atoms with Crippen LogP contribution >= 0.6 is 0 Å². The lowest BCUT2D eigenvalue weighted by Gasteiger charge is -2.06. The molecule has 5 nitrogen and oxygen atoms in total. The maximum atomic E-state index is 11.5. The van der Waals surface area contributed by atoms with Crippen LogP contribution in [-0.2, 0) is 11.2 Å². The van der Waals surface area contributed by atoms with Gasteiger partial charge in [-0.2, -0.15) is 0 Å². The minimum atomic E-state index is 0.126. The quantitative estimate of drug-likeness (QED) is 0.806. The fraction of sp³-hybridized carbons (Fsp3) is 0.500. The highest BCUT2D eigenvalue weighted by Crippen LogP contribution is 2.04. The van der Waals surface area contributed by atoms with Crippen molar-refractivity contribution in [3.8, 4) is 0 Å². The molecule has 0 radical (unpaired) electrons. The zero-order chi connectivity index (χ0) is 13.7. The molecule has 0 aliphatic heterocycles. The molecule has 0 aliphatic rings. The molecule has 2 aromatic rings. The van der Waals surface area contributed by atoms with Gasteiger partial charge in [0, 0.05) is 25.6 Å². The molecule has 0 fully saturated rings. The van der Waals surface area contributed by atoms with E-state index in [2.05, 4.69) is 15.5 Å². The van der Waals surface area contributed by atoms with Crippen LogP contribution in [-0.4, -0.2) is 27.0 Å². The lowest BCUT2D eigenvalue weighted by Crippen LogP contribution is -2.25. The number of fused-ring (bicyclic) bond motifs is 1. The largest absolute Gasteiger partial charge is 0.356 e. The van der Waals surface area contributed by atoms with E-state index in [1.54, 1.807) is 0 Å². The third-order valence-electron chi connectivity index (χ3n) is 2.88. The Kier molecular flexibility index (Phi) is 4.49. The van der Waals surface area contributed by atoms with E-state index in [4.69, 9.17) is 0 Å². The van der Waals surface area contributed by atoms with Crippen LogP contribution in [0.25, 0.3) is 5.65 Å². The minimum Gasteiger partial charge on any atom is -0.356 e. The predicted octanol–water partition coefficient (Wildman–Crippen LogP) is 1.82. The Balaban J connectivity index is 1.78. The molecule has 0 bridgehead atoms. The molecule has 102 valence electrons. The van der Waals surface area contributed by atoms with Gasteiger partial charge >= 0.3 is 0 Å². The Hall–Kier alpha value is -1.91. The molecule has 1 amide bonds. The number of nitrogens with zero attached hydrogens (tertiary/aromatic N) is 3.